The molecule has 2 aromatic heterocycles. The van der Waals surface area contributed by atoms with Crippen molar-refractivity contribution in [3.05, 3.63) is 48.4 Å². The predicted molar refractivity (Wildman–Crippen MR) is 80.0 cm³/mol. The highest BCUT2D eigenvalue weighted by Gasteiger charge is 2.19. The van der Waals surface area contributed by atoms with Gasteiger partial charge in [-0.1, -0.05) is 0 Å². The van der Waals surface area contributed by atoms with Crippen LogP contribution >= 0.6 is 0 Å². The molecule has 20 heavy (non-hydrogen) atoms. The fourth-order valence-electron chi connectivity index (χ4n) is 2.00. The van der Waals surface area contributed by atoms with Crippen LogP contribution in [-0.2, 0) is 0 Å². The van der Waals surface area contributed by atoms with Crippen LogP contribution in [0.15, 0.2) is 42.9 Å². The molecule has 1 amide bonds. The van der Waals surface area contributed by atoms with Crippen LogP contribution in [0.4, 0.5) is 11.5 Å². The predicted octanol–water partition coefficient (Wildman–Crippen LogP) is 2.58. The quantitative estimate of drug-likeness (QED) is 0.907. The van der Waals surface area contributed by atoms with E-state index in [1.807, 2.05) is 26.0 Å². The summed E-state index contributed by atoms with van der Waals surface area (Å²) in [6.45, 7) is 5.23. The zero-order chi connectivity index (χ0) is 14.4. The van der Waals surface area contributed by atoms with Gasteiger partial charge in [0, 0.05) is 37.4 Å². The number of nitrogens with zero attached hydrogens (tertiary/aromatic N) is 3. The van der Waals surface area contributed by atoms with Crippen LogP contribution in [0.5, 0.6) is 0 Å². The van der Waals surface area contributed by atoms with Gasteiger partial charge in [-0.3, -0.25) is 9.78 Å². The Morgan fingerprint density at radius 1 is 1.20 bits per heavy atom. The fraction of sp³-hybridized carbons (Fsp3) is 0.267. The Labute approximate surface area is 118 Å². The Morgan fingerprint density at radius 2 is 1.95 bits per heavy atom. The fourth-order valence-corrected chi connectivity index (χ4v) is 2.00. The molecule has 0 saturated heterocycles. The molecule has 2 aromatic rings. The van der Waals surface area contributed by atoms with Gasteiger partial charge in [0.15, 0.2) is 0 Å². The number of nitrogens with one attached hydrogen (secondary N) is 1. The van der Waals surface area contributed by atoms with Crippen molar-refractivity contribution in [2.24, 2.45) is 0 Å². The van der Waals surface area contributed by atoms with Gasteiger partial charge in [-0.15, -0.1) is 0 Å². The molecule has 2 rings (SSSR count). The molecule has 0 aliphatic heterocycles. The SMILES string of the molecule is CCNc1ncccc1C(=O)N(CC)c1ccncc1. The van der Waals surface area contributed by atoms with Gasteiger partial charge >= 0.3 is 0 Å². The molecule has 104 valence electrons. The van der Waals surface area contributed by atoms with Gasteiger partial charge in [0.05, 0.1) is 5.56 Å². The minimum atomic E-state index is -0.0669. The largest absolute Gasteiger partial charge is 0.370 e. The lowest BCUT2D eigenvalue weighted by atomic mass is 10.2. The third kappa shape index (κ3) is 2.93. The molecule has 0 radical (unpaired) electrons. The Morgan fingerprint density at radius 3 is 2.60 bits per heavy atom. The van der Waals surface area contributed by atoms with Gasteiger partial charge in [-0.25, -0.2) is 4.98 Å². The molecular formula is C15H18N4O. The van der Waals surface area contributed by atoms with Crippen LogP contribution in [0.2, 0.25) is 0 Å². The first-order chi connectivity index (χ1) is 9.77. The summed E-state index contributed by atoms with van der Waals surface area (Å²) < 4.78 is 0. The number of hydrogen-bond acceptors (Lipinski definition) is 4. The van der Waals surface area contributed by atoms with E-state index in [2.05, 4.69) is 15.3 Å². The van der Waals surface area contributed by atoms with E-state index in [0.29, 0.717) is 17.9 Å². The average molecular weight is 270 g/mol. The molecule has 0 spiro atoms. The molecule has 0 bridgehead atoms. The van der Waals surface area contributed by atoms with Crippen LogP contribution in [0.1, 0.15) is 24.2 Å². The van der Waals surface area contributed by atoms with Crippen molar-refractivity contribution in [3.8, 4) is 0 Å². The smallest absolute Gasteiger partial charge is 0.262 e. The summed E-state index contributed by atoms with van der Waals surface area (Å²) in [5, 5.41) is 3.12. The number of hydrogen-bond donors (Lipinski definition) is 1. The van der Waals surface area contributed by atoms with Crippen molar-refractivity contribution in [1.82, 2.24) is 9.97 Å². The minimum absolute atomic E-state index is 0.0669. The second-order valence-electron chi connectivity index (χ2n) is 4.18. The molecule has 0 unspecified atom stereocenters. The molecule has 2 heterocycles. The summed E-state index contributed by atoms with van der Waals surface area (Å²) in [7, 11) is 0. The van der Waals surface area contributed by atoms with E-state index in [-0.39, 0.29) is 5.91 Å². The number of aromatic nitrogens is 2. The highest BCUT2D eigenvalue weighted by Crippen LogP contribution is 2.19. The first-order valence-electron chi connectivity index (χ1n) is 6.68. The van der Waals surface area contributed by atoms with Crippen molar-refractivity contribution in [1.29, 1.82) is 0 Å². The van der Waals surface area contributed by atoms with E-state index in [9.17, 15) is 4.79 Å². The van der Waals surface area contributed by atoms with E-state index in [0.717, 1.165) is 12.2 Å². The number of pyridine rings is 2. The summed E-state index contributed by atoms with van der Waals surface area (Å²) in [5.41, 5.74) is 1.41. The van der Waals surface area contributed by atoms with Crippen LogP contribution in [0.25, 0.3) is 0 Å². The number of amides is 1. The van der Waals surface area contributed by atoms with Gasteiger partial charge < -0.3 is 10.2 Å². The summed E-state index contributed by atoms with van der Waals surface area (Å²) >= 11 is 0. The summed E-state index contributed by atoms with van der Waals surface area (Å²) in [6, 6.07) is 7.21. The molecule has 5 heteroatoms. The summed E-state index contributed by atoms with van der Waals surface area (Å²) in [6.07, 6.45) is 5.04. The molecule has 0 atom stereocenters. The van der Waals surface area contributed by atoms with Crippen LogP contribution < -0.4 is 10.2 Å². The zero-order valence-corrected chi connectivity index (χ0v) is 11.7. The van der Waals surface area contributed by atoms with Crippen LogP contribution in [0, 0.1) is 0 Å². The second-order valence-corrected chi connectivity index (χ2v) is 4.18. The second kappa shape index (κ2) is 6.65. The third-order valence-corrected chi connectivity index (χ3v) is 2.92. The van der Waals surface area contributed by atoms with E-state index < -0.39 is 0 Å². The molecule has 0 aliphatic rings. The number of carbonyl (C=O) groups excluding carboxylic acids is 1. The lowest BCUT2D eigenvalue weighted by molar-refractivity contribution is 0.0989. The standard InChI is InChI=1S/C15H18N4O/c1-3-17-14-13(6-5-9-18-14)15(20)19(4-2)12-7-10-16-11-8-12/h5-11H,3-4H2,1-2H3,(H,17,18). The highest BCUT2D eigenvalue weighted by atomic mass is 16.2. The maximum absolute atomic E-state index is 12.7. The van der Waals surface area contributed by atoms with Crippen molar-refractivity contribution in [2.75, 3.05) is 23.3 Å². The molecule has 1 N–H and O–H groups in total. The highest BCUT2D eigenvalue weighted by molar-refractivity contribution is 6.09. The molecule has 5 nitrogen and oxygen atoms in total. The molecule has 0 aliphatic carbocycles. The maximum Gasteiger partial charge on any atom is 0.262 e. The minimum Gasteiger partial charge on any atom is -0.370 e. The lowest BCUT2D eigenvalue weighted by Crippen LogP contribution is -2.31. The van der Waals surface area contributed by atoms with Gasteiger partial charge in [-0.05, 0) is 38.1 Å². The topological polar surface area (TPSA) is 58.1 Å². The third-order valence-electron chi connectivity index (χ3n) is 2.92. The Bertz CT molecular complexity index is 571. The molecular weight excluding hydrogens is 252 g/mol. The Balaban J connectivity index is 2.34. The van der Waals surface area contributed by atoms with Gasteiger partial charge in [0.25, 0.3) is 5.91 Å². The van der Waals surface area contributed by atoms with Crippen LogP contribution in [-0.4, -0.2) is 29.0 Å². The monoisotopic (exact) mass is 270 g/mol. The van der Waals surface area contributed by atoms with Gasteiger partial charge in [0.2, 0.25) is 0 Å². The Hall–Kier alpha value is -2.43. The van der Waals surface area contributed by atoms with E-state index in [1.165, 1.54) is 0 Å². The molecule has 0 fully saturated rings. The van der Waals surface area contributed by atoms with Crippen molar-refractivity contribution in [2.45, 2.75) is 13.8 Å². The number of carbonyl (C=O) groups is 1. The Kier molecular flexibility index (Phi) is 4.65. The van der Waals surface area contributed by atoms with Crippen molar-refractivity contribution in [3.63, 3.8) is 0 Å². The normalized spacial score (nSPS) is 10.1. The molecule has 0 aromatic carbocycles. The lowest BCUT2D eigenvalue weighted by Gasteiger charge is -2.22. The van der Waals surface area contributed by atoms with Gasteiger partial charge in [0.1, 0.15) is 5.82 Å². The van der Waals surface area contributed by atoms with E-state index in [4.69, 9.17) is 0 Å². The maximum atomic E-state index is 12.7. The zero-order valence-electron chi connectivity index (χ0n) is 11.7. The van der Waals surface area contributed by atoms with Crippen LogP contribution in [0.3, 0.4) is 0 Å². The van der Waals surface area contributed by atoms with Crippen molar-refractivity contribution < 1.29 is 4.79 Å². The first-order valence-corrected chi connectivity index (χ1v) is 6.68. The van der Waals surface area contributed by atoms with Gasteiger partial charge in [-0.2, -0.15) is 0 Å². The summed E-state index contributed by atoms with van der Waals surface area (Å²) in [5.74, 6) is 0.551. The van der Waals surface area contributed by atoms with E-state index in [1.54, 1.807) is 35.6 Å². The number of rotatable bonds is 5. The van der Waals surface area contributed by atoms with E-state index >= 15 is 0 Å². The molecule has 0 saturated carbocycles. The average Bonchev–Trinajstić information content (AvgIpc) is 2.50. The summed E-state index contributed by atoms with van der Waals surface area (Å²) in [4.78, 5) is 22.6. The number of anilines is 2. The van der Waals surface area contributed by atoms with Crippen molar-refractivity contribution >= 4 is 17.4 Å². The first kappa shape index (κ1) is 14.0.